The van der Waals surface area contributed by atoms with Crippen molar-refractivity contribution in [1.29, 1.82) is 5.26 Å². The molecule has 0 saturated carbocycles. The number of nitriles is 1. The molecule has 0 unspecified atom stereocenters. The van der Waals surface area contributed by atoms with Crippen molar-refractivity contribution in [2.75, 3.05) is 23.8 Å². The molecule has 0 aliphatic carbocycles. The number of aliphatic hydroxyl groups is 2. The van der Waals surface area contributed by atoms with E-state index in [9.17, 15) is 15.5 Å². The van der Waals surface area contributed by atoms with Crippen molar-refractivity contribution in [2.24, 2.45) is 0 Å². The Kier molecular flexibility index (Phi) is 7.96. The third kappa shape index (κ3) is 6.39. The first-order chi connectivity index (χ1) is 19.3. The Morgan fingerprint density at radius 1 is 1.18 bits per heavy atom. The molecule has 0 radical (unpaired) electrons. The van der Waals surface area contributed by atoms with E-state index in [1.165, 1.54) is 0 Å². The number of rotatable bonds is 4. The molecule has 4 aromatic rings. The number of ether oxygens (including phenoxy) is 1. The summed E-state index contributed by atoms with van der Waals surface area (Å²) >= 11 is 0. The molecule has 10 heteroatoms. The lowest BCUT2D eigenvalue weighted by Crippen LogP contribution is -2.26. The topological polar surface area (TPSA) is 141 Å². The standard InChI is InChI=1S/C30H33N7O3/c1-30(2,39)19-37-17-22(15-33-37)25-16-32-29-34-23-11-10-21(14-31)20(13-23)7-5-6-12-40-27-9-4-3-8-24(27)26(18-38)35-28(25)36-29/h3-4,8-11,13,15-17,26,38-39H,5-7,12,18-19H2,1-2H3,(H2,32,34,35,36)/t26-/m1/s1. The lowest BCUT2D eigenvalue weighted by molar-refractivity contribution is 0.0577. The number of nitrogens with one attached hydrogen (secondary N) is 2. The van der Waals surface area contributed by atoms with Crippen LogP contribution < -0.4 is 15.4 Å². The Balaban J connectivity index is 1.58. The molecule has 40 heavy (non-hydrogen) atoms. The molecule has 1 aliphatic rings. The predicted molar refractivity (Wildman–Crippen MR) is 152 cm³/mol. The molecular formula is C30H33N7O3. The van der Waals surface area contributed by atoms with Crippen LogP contribution in [0.3, 0.4) is 0 Å². The number of hydrogen-bond donors (Lipinski definition) is 4. The molecule has 10 nitrogen and oxygen atoms in total. The van der Waals surface area contributed by atoms with Gasteiger partial charge < -0.3 is 25.6 Å². The van der Waals surface area contributed by atoms with E-state index >= 15 is 0 Å². The minimum Gasteiger partial charge on any atom is -0.493 e. The second kappa shape index (κ2) is 11.7. The molecule has 1 atom stereocenters. The Morgan fingerprint density at radius 3 is 2.83 bits per heavy atom. The van der Waals surface area contributed by atoms with Gasteiger partial charge in [0.1, 0.15) is 11.6 Å². The molecule has 2 aromatic heterocycles. The van der Waals surface area contributed by atoms with E-state index in [4.69, 9.17) is 9.72 Å². The van der Waals surface area contributed by atoms with E-state index in [-0.39, 0.29) is 6.61 Å². The maximum absolute atomic E-state index is 10.4. The first-order valence-electron chi connectivity index (χ1n) is 13.3. The normalized spacial score (nSPS) is 15.6. The van der Waals surface area contributed by atoms with Gasteiger partial charge in [-0.3, -0.25) is 4.68 Å². The monoisotopic (exact) mass is 539 g/mol. The third-order valence-corrected chi connectivity index (χ3v) is 6.65. The van der Waals surface area contributed by atoms with E-state index in [1.807, 2.05) is 42.6 Å². The van der Waals surface area contributed by atoms with Crippen molar-refractivity contribution in [2.45, 2.75) is 51.3 Å². The molecule has 0 saturated heterocycles. The highest BCUT2D eigenvalue weighted by atomic mass is 16.5. The molecule has 0 fully saturated rings. The number of para-hydroxylation sites is 1. The molecule has 4 bridgehead atoms. The van der Waals surface area contributed by atoms with Gasteiger partial charge in [0, 0.05) is 34.8 Å². The number of nitrogens with zero attached hydrogens (tertiary/aromatic N) is 5. The van der Waals surface area contributed by atoms with Crippen LogP contribution in [0.25, 0.3) is 11.1 Å². The molecule has 1 aliphatic heterocycles. The first kappa shape index (κ1) is 27.1. The zero-order chi connectivity index (χ0) is 28.1. The quantitative estimate of drug-likeness (QED) is 0.293. The van der Waals surface area contributed by atoms with E-state index in [0.717, 1.165) is 41.6 Å². The average molecular weight is 540 g/mol. The van der Waals surface area contributed by atoms with Crippen LogP contribution in [0.4, 0.5) is 17.5 Å². The molecule has 5 rings (SSSR count). The summed E-state index contributed by atoms with van der Waals surface area (Å²) in [5, 5.41) is 41.4. The van der Waals surface area contributed by atoms with Gasteiger partial charge in [-0.15, -0.1) is 0 Å². The molecule has 4 N–H and O–H groups in total. The SMILES string of the molecule is CC(C)(O)Cn1cc(-c2cnc3nc2N[C@H](CO)c2ccccc2OCCCCc2cc(ccc2C#N)N3)cn1. The number of aromatic nitrogens is 4. The zero-order valence-electron chi connectivity index (χ0n) is 22.6. The Labute approximate surface area is 233 Å². The van der Waals surface area contributed by atoms with Crippen LogP contribution >= 0.6 is 0 Å². The van der Waals surface area contributed by atoms with Gasteiger partial charge in [-0.05, 0) is 62.9 Å². The van der Waals surface area contributed by atoms with Crippen molar-refractivity contribution in [3.8, 4) is 22.9 Å². The fourth-order valence-electron chi connectivity index (χ4n) is 4.75. The van der Waals surface area contributed by atoms with Gasteiger partial charge in [0.25, 0.3) is 0 Å². The minimum atomic E-state index is -0.928. The molecule has 2 aromatic carbocycles. The third-order valence-electron chi connectivity index (χ3n) is 6.65. The molecule has 0 amide bonds. The van der Waals surface area contributed by atoms with E-state index in [0.29, 0.717) is 41.8 Å². The number of anilines is 3. The van der Waals surface area contributed by atoms with E-state index < -0.39 is 11.6 Å². The Morgan fingerprint density at radius 2 is 2.02 bits per heavy atom. The summed E-state index contributed by atoms with van der Waals surface area (Å²) in [7, 11) is 0. The Bertz CT molecular complexity index is 1520. The average Bonchev–Trinajstić information content (AvgIpc) is 3.38. The lowest BCUT2D eigenvalue weighted by Gasteiger charge is -2.22. The van der Waals surface area contributed by atoms with Crippen LogP contribution in [0.5, 0.6) is 5.75 Å². The second-order valence-electron chi connectivity index (χ2n) is 10.5. The van der Waals surface area contributed by atoms with Gasteiger partial charge in [-0.2, -0.15) is 15.3 Å². The van der Waals surface area contributed by atoms with Crippen LogP contribution in [0.15, 0.2) is 61.1 Å². The summed E-state index contributed by atoms with van der Waals surface area (Å²) < 4.78 is 7.83. The van der Waals surface area contributed by atoms with E-state index in [1.54, 1.807) is 37.0 Å². The minimum absolute atomic E-state index is 0.191. The second-order valence-corrected chi connectivity index (χ2v) is 10.5. The summed E-state index contributed by atoms with van der Waals surface area (Å²) in [6.07, 6.45) is 7.65. The zero-order valence-corrected chi connectivity index (χ0v) is 22.6. The molecular weight excluding hydrogens is 506 g/mol. The summed E-state index contributed by atoms with van der Waals surface area (Å²) in [5.74, 6) is 1.54. The maximum atomic E-state index is 10.4. The van der Waals surface area contributed by atoms with Crippen molar-refractivity contribution < 1.29 is 14.9 Å². The van der Waals surface area contributed by atoms with E-state index in [2.05, 4.69) is 26.8 Å². The number of aryl methyl sites for hydroxylation is 1. The summed E-state index contributed by atoms with van der Waals surface area (Å²) in [6, 6.07) is 15.0. The lowest BCUT2D eigenvalue weighted by atomic mass is 10.0. The van der Waals surface area contributed by atoms with Crippen molar-refractivity contribution in [3.63, 3.8) is 0 Å². The fraction of sp³-hybridized carbons (Fsp3) is 0.333. The van der Waals surface area contributed by atoms with Gasteiger partial charge in [0.05, 0.1) is 49.2 Å². The van der Waals surface area contributed by atoms with Crippen LogP contribution in [-0.4, -0.2) is 48.8 Å². The Hall–Kier alpha value is -4.46. The van der Waals surface area contributed by atoms with Crippen molar-refractivity contribution in [3.05, 3.63) is 77.7 Å². The highest BCUT2D eigenvalue weighted by Crippen LogP contribution is 2.33. The number of aliphatic hydroxyl groups excluding tert-OH is 1. The first-order valence-corrected chi connectivity index (χ1v) is 13.3. The molecule has 206 valence electrons. The van der Waals surface area contributed by atoms with Crippen LogP contribution in [-0.2, 0) is 13.0 Å². The molecule has 3 heterocycles. The number of hydrogen-bond acceptors (Lipinski definition) is 9. The van der Waals surface area contributed by atoms with Crippen molar-refractivity contribution in [1.82, 2.24) is 19.7 Å². The van der Waals surface area contributed by atoms with Crippen LogP contribution in [0.1, 0.15) is 49.4 Å². The summed E-state index contributed by atoms with van der Waals surface area (Å²) in [4.78, 5) is 9.36. The predicted octanol–water partition coefficient (Wildman–Crippen LogP) is 4.59. The van der Waals surface area contributed by atoms with Gasteiger partial charge in [0.2, 0.25) is 5.95 Å². The number of benzene rings is 2. The van der Waals surface area contributed by atoms with Crippen molar-refractivity contribution >= 4 is 17.5 Å². The summed E-state index contributed by atoms with van der Waals surface area (Å²) in [6.45, 7) is 4.09. The molecule has 0 spiro atoms. The fourth-order valence-corrected chi connectivity index (χ4v) is 4.75. The number of fused-ring (bicyclic) bond motifs is 5. The van der Waals surface area contributed by atoms with Gasteiger partial charge in [0.15, 0.2) is 0 Å². The van der Waals surface area contributed by atoms with Gasteiger partial charge >= 0.3 is 0 Å². The smallest absolute Gasteiger partial charge is 0.229 e. The largest absolute Gasteiger partial charge is 0.493 e. The van der Waals surface area contributed by atoms with Gasteiger partial charge in [-0.1, -0.05) is 18.2 Å². The highest BCUT2D eigenvalue weighted by molar-refractivity contribution is 5.75. The maximum Gasteiger partial charge on any atom is 0.229 e. The van der Waals surface area contributed by atoms with Gasteiger partial charge in [-0.25, -0.2) is 4.98 Å². The van der Waals surface area contributed by atoms with Crippen LogP contribution in [0, 0.1) is 11.3 Å². The summed E-state index contributed by atoms with van der Waals surface area (Å²) in [5.41, 5.74) is 3.70. The highest BCUT2D eigenvalue weighted by Gasteiger charge is 2.21. The van der Waals surface area contributed by atoms with Crippen LogP contribution in [0.2, 0.25) is 0 Å².